The zero-order valence-electron chi connectivity index (χ0n) is 16.6. The topological polar surface area (TPSA) is 99.4 Å². The number of hydrogen-bond donors (Lipinski definition) is 1. The molecule has 0 unspecified atom stereocenters. The molecule has 1 amide bonds. The van der Waals surface area contributed by atoms with Crippen molar-refractivity contribution in [3.05, 3.63) is 60.3 Å². The van der Waals surface area contributed by atoms with Gasteiger partial charge in [-0.1, -0.05) is 35.5 Å². The van der Waals surface area contributed by atoms with Crippen molar-refractivity contribution < 1.29 is 18.8 Å². The highest BCUT2D eigenvalue weighted by molar-refractivity contribution is 6.07. The van der Waals surface area contributed by atoms with Crippen LogP contribution in [0.25, 0.3) is 22.2 Å². The number of ether oxygens (including phenoxy) is 2. The number of amides is 1. The highest BCUT2D eigenvalue weighted by Gasteiger charge is 2.17. The molecule has 4 rings (SSSR count). The van der Waals surface area contributed by atoms with Crippen molar-refractivity contribution in [3.63, 3.8) is 0 Å². The molecule has 152 valence electrons. The van der Waals surface area contributed by atoms with Gasteiger partial charge in [0.15, 0.2) is 5.76 Å². The number of hydrogen-bond acceptors (Lipinski definition) is 7. The summed E-state index contributed by atoms with van der Waals surface area (Å²) in [5.41, 5.74) is 2.36. The van der Waals surface area contributed by atoms with Gasteiger partial charge < -0.3 is 19.3 Å². The van der Waals surface area contributed by atoms with E-state index in [1.807, 2.05) is 44.2 Å². The van der Waals surface area contributed by atoms with Gasteiger partial charge >= 0.3 is 6.01 Å². The summed E-state index contributed by atoms with van der Waals surface area (Å²) >= 11 is 0. The normalized spacial score (nSPS) is 10.7. The number of carbonyl (C=O) groups is 1. The van der Waals surface area contributed by atoms with Gasteiger partial charge in [-0.15, -0.1) is 0 Å². The van der Waals surface area contributed by atoms with Crippen LogP contribution in [-0.4, -0.2) is 34.2 Å². The number of nitrogens with zero attached hydrogens (tertiary/aromatic N) is 3. The first-order valence-electron chi connectivity index (χ1n) is 9.58. The van der Waals surface area contributed by atoms with Crippen molar-refractivity contribution in [1.82, 2.24) is 15.1 Å². The molecule has 0 saturated carbocycles. The SMILES string of the molecule is CCOc1ncc(NC(=O)c2ccc3noc(-c4ccccc4)c3c2)c(OCC)n1. The molecule has 0 atom stereocenters. The fourth-order valence-corrected chi connectivity index (χ4v) is 2.96. The second-order valence-electron chi connectivity index (χ2n) is 6.30. The lowest BCUT2D eigenvalue weighted by Crippen LogP contribution is -2.14. The zero-order chi connectivity index (χ0) is 20.9. The summed E-state index contributed by atoms with van der Waals surface area (Å²) < 4.78 is 16.3. The van der Waals surface area contributed by atoms with Crippen LogP contribution < -0.4 is 14.8 Å². The van der Waals surface area contributed by atoms with Gasteiger partial charge in [-0.3, -0.25) is 4.79 Å². The molecular weight excluding hydrogens is 384 g/mol. The van der Waals surface area contributed by atoms with Crippen molar-refractivity contribution in [2.75, 3.05) is 18.5 Å². The molecule has 0 aliphatic carbocycles. The molecule has 30 heavy (non-hydrogen) atoms. The highest BCUT2D eigenvalue weighted by Crippen LogP contribution is 2.30. The number of fused-ring (bicyclic) bond motifs is 1. The Balaban J connectivity index is 1.64. The standard InChI is InChI=1S/C22H20N4O4/c1-3-28-21-18(13-23-22(25-21)29-4-2)24-20(27)15-10-11-17-16(12-15)19(30-26-17)14-8-6-5-7-9-14/h5-13H,3-4H2,1-2H3,(H,24,27). The molecule has 2 aromatic carbocycles. The molecule has 0 saturated heterocycles. The van der Waals surface area contributed by atoms with Crippen molar-refractivity contribution in [3.8, 4) is 23.2 Å². The van der Waals surface area contributed by atoms with E-state index in [1.165, 1.54) is 6.20 Å². The van der Waals surface area contributed by atoms with Gasteiger partial charge in [0.05, 0.1) is 24.8 Å². The van der Waals surface area contributed by atoms with Gasteiger partial charge in [-0.25, -0.2) is 4.98 Å². The maximum absolute atomic E-state index is 12.9. The van der Waals surface area contributed by atoms with E-state index >= 15 is 0 Å². The first kappa shape index (κ1) is 19.4. The fourth-order valence-electron chi connectivity index (χ4n) is 2.96. The summed E-state index contributed by atoms with van der Waals surface area (Å²) in [7, 11) is 0. The van der Waals surface area contributed by atoms with E-state index in [0.717, 1.165) is 10.9 Å². The Kier molecular flexibility index (Phi) is 5.56. The largest absolute Gasteiger partial charge is 0.476 e. The number of benzene rings is 2. The van der Waals surface area contributed by atoms with Gasteiger partial charge in [0, 0.05) is 11.1 Å². The number of aromatic nitrogens is 3. The van der Waals surface area contributed by atoms with Gasteiger partial charge in [0.1, 0.15) is 11.2 Å². The molecule has 8 nitrogen and oxygen atoms in total. The maximum atomic E-state index is 12.9. The molecule has 8 heteroatoms. The van der Waals surface area contributed by atoms with Crippen LogP contribution in [0, 0.1) is 0 Å². The summed E-state index contributed by atoms with van der Waals surface area (Å²) in [5.74, 6) is 0.533. The van der Waals surface area contributed by atoms with E-state index in [0.29, 0.717) is 35.7 Å². The van der Waals surface area contributed by atoms with E-state index in [4.69, 9.17) is 14.0 Å². The van der Waals surface area contributed by atoms with Crippen molar-refractivity contribution >= 4 is 22.5 Å². The maximum Gasteiger partial charge on any atom is 0.319 e. The van der Waals surface area contributed by atoms with Crippen LogP contribution >= 0.6 is 0 Å². The molecule has 0 aliphatic rings. The van der Waals surface area contributed by atoms with Crippen LogP contribution in [-0.2, 0) is 0 Å². The van der Waals surface area contributed by atoms with Crippen LogP contribution in [0.1, 0.15) is 24.2 Å². The predicted octanol–water partition coefficient (Wildman–Crippen LogP) is 4.33. The molecule has 1 N–H and O–H groups in total. The second-order valence-corrected chi connectivity index (χ2v) is 6.30. The molecule has 2 heterocycles. The van der Waals surface area contributed by atoms with E-state index < -0.39 is 0 Å². The van der Waals surface area contributed by atoms with Crippen molar-refractivity contribution in [2.45, 2.75) is 13.8 Å². The third-order valence-electron chi connectivity index (χ3n) is 4.31. The number of carbonyl (C=O) groups excluding carboxylic acids is 1. The fraction of sp³-hybridized carbons (Fsp3) is 0.182. The van der Waals surface area contributed by atoms with Crippen LogP contribution in [0.15, 0.2) is 59.3 Å². The second kappa shape index (κ2) is 8.60. The molecule has 2 aromatic heterocycles. The zero-order valence-corrected chi connectivity index (χ0v) is 16.6. The van der Waals surface area contributed by atoms with Crippen LogP contribution in [0.4, 0.5) is 5.69 Å². The first-order chi connectivity index (χ1) is 14.7. The summed E-state index contributed by atoms with van der Waals surface area (Å²) in [4.78, 5) is 21.2. The minimum Gasteiger partial charge on any atom is -0.476 e. The van der Waals surface area contributed by atoms with Gasteiger partial charge in [-0.2, -0.15) is 4.98 Å². The van der Waals surface area contributed by atoms with E-state index in [2.05, 4.69) is 20.4 Å². The minimum absolute atomic E-state index is 0.192. The Morgan fingerprint density at radius 2 is 1.87 bits per heavy atom. The van der Waals surface area contributed by atoms with Crippen molar-refractivity contribution in [1.29, 1.82) is 0 Å². The lowest BCUT2D eigenvalue weighted by atomic mass is 10.1. The van der Waals surface area contributed by atoms with Crippen LogP contribution in [0.3, 0.4) is 0 Å². The van der Waals surface area contributed by atoms with E-state index in [9.17, 15) is 4.79 Å². The van der Waals surface area contributed by atoms with Gasteiger partial charge in [0.25, 0.3) is 5.91 Å². The average Bonchev–Trinajstić information content (AvgIpc) is 3.20. The van der Waals surface area contributed by atoms with Gasteiger partial charge in [0.2, 0.25) is 5.88 Å². The molecule has 0 spiro atoms. The summed E-state index contributed by atoms with van der Waals surface area (Å²) in [6, 6.07) is 15.0. The summed E-state index contributed by atoms with van der Waals surface area (Å²) in [6.07, 6.45) is 1.47. The summed E-state index contributed by atoms with van der Waals surface area (Å²) in [6.45, 7) is 4.49. The molecule has 0 fully saturated rings. The molecule has 4 aromatic rings. The van der Waals surface area contributed by atoms with Crippen molar-refractivity contribution in [2.24, 2.45) is 0 Å². The molecule has 0 aliphatic heterocycles. The third-order valence-corrected chi connectivity index (χ3v) is 4.31. The number of anilines is 1. The summed E-state index contributed by atoms with van der Waals surface area (Å²) in [5, 5.41) is 7.64. The average molecular weight is 404 g/mol. The Labute approximate surface area is 172 Å². The van der Waals surface area contributed by atoms with E-state index in [1.54, 1.807) is 18.2 Å². The molecular formula is C22H20N4O4. The van der Waals surface area contributed by atoms with Crippen LogP contribution in [0.5, 0.6) is 11.9 Å². The monoisotopic (exact) mass is 404 g/mol. The Morgan fingerprint density at radius 3 is 2.63 bits per heavy atom. The Morgan fingerprint density at radius 1 is 1.07 bits per heavy atom. The lowest BCUT2D eigenvalue weighted by molar-refractivity contribution is 0.102. The highest BCUT2D eigenvalue weighted by atomic mass is 16.5. The predicted molar refractivity (Wildman–Crippen MR) is 112 cm³/mol. The van der Waals surface area contributed by atoms with Gasteiger partial charge in [-0.05, 0) is 32.0 Å². The quantitative estimate of drug-likeness (QED) is 0.489. The number of rotatable bonds is 7. The number of nitrogens with one attached hydrogen (secondary N) is 1. The minimum atomic E-state index is -0.328. The smallest absolute Gasteiger partial charge is 0.319 e. The molecule has 0 radical (unpaired) electrons. The van der Waals surface area contributed by atoms with Crippen LogP contribution in [0.2, 0.25) is 0 Å². The third kappa shape index (κ3) is 3.93. The Hall–Kier alpha value is -3.94. The van der Waals surface area contributed by atoms with E-state index in [-0.39, 0.29) is 17.8 Å². The first-order valence-corrected chi connectivity index (χ1v) is 9.58. The lowest BCUT2D eigenvalue weighted by Gasteiger charge is -2.11. The molecule has 0 bridgehead atoms. The Bertz CT molecular complexity index is 1170.